The zero-order chi connectivity index (χ0) is 28.9. The van der Waals surface area contributed by atoms with Crippen molar-refractivity contribution >= 4 is 51.6 Å². The van der Waals surface area contributed by atoms with Crippen molar-refractivity contribution in [1.82, 2.24) is 15.4 Å². The summed E-state index contributed by atoms with van der Waals surface area (Å²) in [6.07, 6.45) is 0. The molecule has 1 aliphatic heterocycles. The van der Waals surface area contributed by atoms with Crippen LogP contribution in [0.5, 0.6) is 0 Å². The molecule has 0 aliphatic carbocycles. The molecule has 0 unspecified atom stereocenters. The second-order valence-electron chi connectivity index (χ2n) is 8.64. The summed E-state index contributed by atoms with van der Waals surface area (Å²) < 4.78 is 5.22. The summed E-state index contributed by atoms with van der Waals surface area (Å²) in [4.78, 5) is 73.1. The normalized spacial score (nSPS) is 17.3. The van der Waals surface area contributed by atoms with Crippen molar-refractivity contribution < 1.29 is 43.6 Å². The van der Waals surface area contributed by atoms with Gasteiger partial charge in [0.2, 0.25) is 5.60 Å². The summed E-state index contributed by atoms with van der Waals surface area (Å²) >= 11 is 1.01. The molecule has 0 bridgehead atoms. The van der Waals surface area contributed by atoms with Gasteiger partial charge >= 0.3 is 11.9 Å². The molecular formula is C22H24N6O10S. The third-order valence-corrected chi connectivity index (χ3v) is 5.98. The Kier molecular flexibility index (Phi) is 8.77. The van der Waals surface area contributed by atoms with E-state index in [1.54, 1.807) is 0 Å². The zero-order valence-electron chi connectivity index (χ0n) is 20.9. The molecule has 2 atom stereocenters. The zero-order valence-corrected chi connectivity index (χ0v) is 21.7. The number of carbonyl (C=O) groups excluding carboxylic acids is 3. The number of nitro benzene ring substituents is 1. The highest BCUT2D eigenvalue weighted by molar-refractivity contribution is 7.13. The van der Waals surface area contributed by atoms with E-state index in [2.05, 4.69) is 15.5 Å². The van der Waals surface area contributed by atoms with E-state index in [0.717, 1.165) is 16.4 Å². The van der Waals surface area contributed by atoms with Crippen molar-refractivity contribution in [2.45, 2.75) is 45.1 Å². The summed E-state index contributed by atoms with van der Waals surface area (Å²) in [6.45, 7) is 3.28. The molecule has 2 amide bonds. The van der Waals surface area contributed by atoms with Gasteiger partial charge in [0.1, 0.15) is 18.3 Å². The number of non-ortho nitro benzene ring substituents is 1. The van der Waals surface area contributed by atoms with Gasteiger partial charge in [0, 0.05) is 17.5 Å². The fraction of sp³-hybridized carbons (Fsp3) is 0.364. The van der Waals surface area contributed by atoms with Gasteiger partial charge in [0.25, 0.3) is 17.5 Å². The van der Waals surface area contributed by atoms with Crippen LogP contribution in [0.25, 0.3) is 0 Å². The van der Waals surface area contributed by atoms with Gasteiger partial charge in [0.15, 0.2) is 17.5 Å². The van der Waals surface area contributed by atoms with Crippen LogP contribution in [0.4, 0.5) is 10.8 Å². The number of benzene rings is 1. The standard InChI is InChI=1S/C22H24N6O10S/c1-11-16(19(32)27(11)37-9-15(29)30)25-18(31)17(14-10-39-21(23)24-14)26-38-22(2,3)20(33)36-8-12-4-6-13(7-5-12)28(34)35/h4-7,10-11,16H,8-9H2,1-3H3,(H2,23,24)(H,25,31)(H,29,30)/t11-,16-/m0/s1. The Labute approximate surface area is 224 Å². The minimum Gasteiger partial charge on any atom is -0.479 e. The monoisotopic (exact) mass is 564 g/mol. The minimum atomic E-state index is -1.69. The Balaban J connectivity index is 1.68. The maximum atomic E-state index is 13.0. The number of thiazole rings is 1. The lowest BCUT2D eigenvalue weighted by Crippen LogP contribution is -2.70. The summed E-state index contributed by atoms with van der Waals surface area (Å²) in [7, 11) is 0. The summed E-state index contributed by atoms with van der Waals surface area (Å²) in [6, 6.07) is 3.67. The highest BCUT2D eigenvalue weighted by Gasteiger charge is 2.47. The molecule has 2 heterocycles. The van der Waals surface area contributed by atoms with Gasteiger partial charge in [-0.2, -0.15) is 0 Å². The number of aliphatic carboxylic acids is 1. The van der Waals surface area contributed by atoms with Crippen molar-refractivity contribution in [2.75, 3.05) is 12.3 Å². The number of nitrogens with zero attached hydrogens (tertiary/aromatic N) is 4. The van der Waals surface area contributed by atoms with Crippen LogP contribution in [0.2, 0.25) is 0 Å². The number of hydrogen-bond acceptors (Lipinski definition) is 13. The number of carboxylic acids is 1. The number of ether oxygens (including phenoxy) is 1. The first-order chi connectivity index (χ1) is 18.3. The Morgan fingerprint density at radius 3 is 2.51 bits per heavy atom. The van der Waals surface area contributed by atoms with Crippen molar-refractivity contribution in [3.8, 4) is 0 Å². The van der Waals surface area contributed by atoms with E-state index < -0.39 is 53.0 Å². The van der Waals surface area contributed by atoms with E-state index in [4.69, 9.17) is 25.3 Å². The maximum Gasteiger partial charge on any atom is 0.353 e. The first-order valence-corrected chi connectivity index (χ1v) is 12.0. The van der Waals surface area contributed by atoms with Gasteiger partial charge in [-0.15, -0.1) is 11.3 Å². The predicted octanol–water partition coefficient (Wildman–Crippen LogP) is 0.608. The van der Waals surface area contributed by atoms with Crippen LogP contribution >= 0.6 is 11.3 Å². The number of rotatable bonds is 12. The van der Waals surface area contributed by atoms with Crippen molar-refractivity contribution in [2.24, 2.45) is 5.16 Å². The fourth-order valence-electron chi connectivity index (χ4n) is 3.13. The first-order valence-electron chi connectivity index (χ1n) is 11.2. The number of nitrogen functional groups attached to an aromatic ring is 1. The third kappa shape index (κ3) is 7.02. The minimum absolute atomic E-state index is 0.0171. The summed E-state index contributed by atoms with van der Waals surface area (Å²) in [5.74, 6) is -3.68. The number of esters is 1. The second kappa shape index (κ2) is 11.8. The van der Waals surface area contributed by atoms with Crippen LogP contribution in [0.15, 0.2) is 34.8 Å². The average Bonchev–Trinajstić information content (AvgIpc) is 3.31. The van der Waals surface area contributed by atoms with E-state index in [-0.39, 0.29) is 28.8 Å². The lowest BCUT2D eigenvalue weighted by molar-refractivity contribution is -0.384. The molecule has 16 nitrogen and oxygen atoms in total. The molecule has 0 spiro atoms. The fourth-order valence-corrected chi connectivity index (χ4v) is 3.68. The van der Waals surface area contributed by atoms with Crippen molar-refractivity contribution in [3.63, 3.8) is 0 Å². The molecule has 1 aromatic heterocycles. The Bertz CT molecular complexity index is 1310. The van der Waals surface area contributed by atoms with E-state index in [0.29, 0.717) is 5.56 Å². The highest BCUT2D eigenvalue weighted by Crippen LogP contribution is 2.22. The van der Waals surface area contributed by atoms with Crippen LogP contribution in [-0.4, -0.2) is 73.8 Å². The number of hydroxylamine groups is 2. The Morgan fingerprint density at radius 2 is 1.97 bits per heavy atom. The molecule has 39 heavy (non-hydrogen) atoms. The molecule has 3 rings (SSSR count). The van der Waals surface area contributed by atoms with Gasteiger partial charge in [-0.3, -0.25) is 24.5 Å². The number of carbonyl (C=O) groups is 4. The quantitative estimate of drug-likeness (QED) is 0.106. The topological polar surface area (TPSA) is 226 Å². The molecule has 0 radical (unpaired) electrons. The summed E-state index contributed by atoms with van der Waals surface area (Å²) in [5, 5.41) is 28.1. The largest absolute Gasteiger partial charge is 0.479 e. The van der Waals surface area contributed by atoms with Crippen LogP contribution < -0.4 is 11.1 Å². The summed E-state index contributed by atoms with van der Waals surface area (Å²) in [5.41, 5.74) is 3.99. The number of nitro groups is 1. The molecular weight excluding hydrogens is 540 g/mol. The first kappa shape index (κ1) is 28.9. The number of β-lactam (4-membered cyclic amide) rings is 1. The molecule has 4 N–H and O–H groups in total. The SMILES string of the molecule is C[C@H]1[C@H](NC(=O)C(=NOC(C)(C)C(=O)OCc2ccc([N+](=O)[O-])cc2)c2csc(N)n2)C(=O)N1OCC(=O)O. The van der Waals surface area contributed by atoms with E-state index in [1.807, 2.05) is 0 Å². The van der Waals surface area contributed by atoms with Gasteiger partial charge in [-0.05, 0) is 38.5 Å². The van der Waals surface area contributed by atoms with Crippen molar-refractivity contribution in [3.05, 3.63) is 51.0 Å². The number of nitrogens with one attached hydrogen (secondary N) is 1. The molecule has 1 aliphatic rings. The Morgan fingerprint density at radius 1 is 1.31 bits per heavy atom. The van der Waals surface area contributed by atoms with E-state index in [9.17, 15) is 29.3 Å². The number of anilines is 1. The predicted molar refractivity (Wildman–Crippen MR) is 133 cm³/mol. The maximum absolute atomic E-state index is 13.0. The number of oxime groups is 1. The molecule has 1 saturated heterocycles. The number of amides is 2. The van der Waals surface area contributed by atoms with Gasteiger partial charge in [-0.1, -0.05) is 5.16 Å². The van der Waals surface area contributed by atoms with Crippen LogP contribution in [0.3, 0.4) is 0 Å². The number of hydrogen-bond donors (Lipinski definition) is 3. The van der Waals surface area contributed by atoms with Gasteiger partial charge in [-0.25, -0.2) is 19.6 Å². The van der Waals surface area contributed by atoms with Crippen LogP contribution in [-0.2, 0) is 40.2 Å². The van der Waals surface area contributed by atoms with E-state index >= 15 is 0 Å². The van der Waals surface area contributed by atoms with E-state index in [1.165, 1.54) is 50.4 Å². The average molecular weight is 565 g/mol. The van der Waals surface area contributed by atoms with Gasteiger partial charge in [0.05, 0.1) is 11.0 Å². The second-order valence-corrected chi connectivity index (χ2v) is 9.52. The molecule has 208 valence electrons. The lowest BCUT2D eigenvalue weighted by atomic mass is 10.00. The number of carboxylic acid groups (broad SMARTS) is 1. The number of aromatic nitrogens is 1. The molecule has 1 aromatic carbocycles. The molecule has 0 saturated carbocycles. The van der Waals surface area contributed by atoms with Crippen LogP contribution in [0, 0.1) is 10.1 Å². The van der Waals surface area contributed by atoms with Crippen molar-refractivity contribution in [1.29, 1.82) is 0 Å². The Hall–Kier alpha value is -4.64. The third-order valence-electron chi connectivity index (χ3n) is 5.30. The molecule has 2 aromatic rings. The molecule has 1 fully saturated rings. The number of nitrogens with two attached hydrogens (primary N) is 1. The van der Waals surface area contributed by atoms with Crippen LogP contribution in [0.1, 0.15) is 32.0 Å². The lowest BCUT2D eigenvalue weighted by Gasteiger charge is -2.43. The molecule has 17 heteroatoms. The highest BCUT2D eigenvalue weighted by atomic mass is 32.1. The smallest absolute Gasteiger partial charge is 0.353 e. The van der Waals surface area contributed by atoms with Gasteiger partial charge < -0.3 is 25.7 Å².